The van der Waals surface area contributed by atoms with E-state index in [4.69, 9.17) is 12.2 Å². The Morgan fingerprint density at radius 3 is 2.85 bits per heavy atom. The predicted octanol–water partition coefficient (Wildman–Crippen LogP) is 4.92. The van der Waals surface area contributed by atoms with Gasteiger partial charge in [0.05, 0.1) is 5.52 Å². The largest absolute Gasteiger partial charge is 0.369 e. The Hall–Kier alpha value is -1.42. The molecule has 0 aliphatic carbocycles. The van der Waals surface area contributed by atoms with E-state index in [1.165, 1.54) is 25.7 Å². The number of para-hydroxylation sites is 1. The molecular weight excluding hydrogens is 266 g/mol. The molecule has 108 valence electrons. The van der Waals surface area contributed by atoms with E-state index in [1.807, 2.05) is 18.2 Å². The summed E-state index contributed by atoms with van der Waals surface area (Å²) in [6.07, 6.45) is 5.03. The number of benzene rings is 1. The Morgan fingerprint density at radius 1 is 1.30 bits per heavy atom. The van der Waals surface area contributed by atoms with Crippen molar-refractivity contribution in [2.75, 3.05) is 11.9 Å². The summed E-state index contributed by atoms with van der Waals surface area (Å²) in [7, 11) is 0. The lowest BCUT2D eigenvalue weighted by atomic mass is 9.99. The number of nitrogens with zero attached hydrogens (tertiary/aromatic N) is 1. The molecule has 1 atom stereocenters. The van der Waals surface area contributed by atoms with Gasteiger partial charge in [0.15, 0.2) is 4.77 Å². The Kier molecular flexibility index (Phi) is 5.53. The number of aromatic nitrogens is 2. The van der Waals surface area contributed by atoms with Crippen molar-refractivity contribution in [1.29, 1.82) is 0 Å². The van der Waals surface area contributed by atoms with Gasteiger partial charge in [-0.15, -0.1) is 0 Å². The molecule has 1 unspecified atom stereocenters. The van der Waals surface area contributed by atoms with Crippen molar-refractivity contribution in [3.8, 4) is 0 Å². The average Bonchev–Trinajstić information content (AvgIpc) is 2.47. The van der Waals surface area contributed by atoms with E-state index in [2.05, 4.69) is 35.2 Å². The lowest BCUT2D eigenvalue weighted by Crippen LogP contribution is -2.15. The molecule has 0 amide bonds. The summed E-state index contributed by atoms with van der Waals surface area (Å²) in [5.74, 6) is 1.60. The first-order valence-corrected chi connectivity index (χ1v) is 7.88. The molecule has 0 saturated carbocycles. The van der Waals surface area contributed by atoms with Crippen molar-refractivity contribution in [3.05, 3.63) is 29.0 Å². The smallest absolute Gasteiger partial charge is 0.199 e. The third-order valence-electron chi connectivity index (χ3n) is 3.74. The molecule has 4 heteroatoms. The van der Waals surface area contributed by atoms with Crippen LogP contribution in [0.15, 0.2) is 24.3 Å². The van der Waals surface area contributed by atoms with Crippen LogP contribution in [0.25, 0.3) is 10.9 Å². The van der Waals surface area contributed by atoms with Crippen molar-refractivity contribution < 1.29 is 0 Å². The summed E-state index contributed by atoms with van der Waals surface area (Å²) < 4.78 is 0.535. The van der Waals surface area contributed by atoms with Crippen LogP contribution >= 0.6 is 12.2 Å². The quantitative estimate of drug-likeness (QED) is 0.711. The zero-order valence-corrected chi connectivity index (χ0v) is 13.1. The maximum Gasteiger partial charge on any atom is 0.199 e. The number of nitrogens with one attached hydrogen (secondary N) is 2. The molecule has 2 N–H and O–H groups in total. The molecule has 0 aliphatic rings. The number of rotatable bonds is 7. The van der Waals surface area contributed by atoms with Crippen molar-refractivity contribution in [3.63, 3.8) is 0 Å². The number of anilines is 1. The van der Waals surface area contributed by atoms with Gasteiger partial charge < -0.3 is 10.3 Å². The normalized spacial score (nSPS) is 12.5. The van der Waals surface area contributed by atoms with Crippen LogP contribution < -0.4 is 5.32 Å². The summed E-state index contributed by atoms with van der Waals surface area (Å²) in [4.78, 5) is 7.57. The number of hydrogen-bond donors (Lipinski definition) is 2. The minimum Gasteiger partial charge on any atom is -0.369 e. The lowest BCUT2D eigenvalue weighted by molar-refractivity contribution is 0.472. The highest BCUT2D eigenvalue weighted by molar-refractivity contribution is 7.71. The van der Waals surface area contributed by atoms with Gasteiger partial charge in [-0.05, 0) is 36.7 Å². The molecule has 0 spiro atoms. The zero-order chi connectivity index (χ0) is 14.4. The standard InChI is InChI=1S/C16H23N3S/c1-3-5-8-12(4-2)11-17-15-13-9-6-7-10-14(13)18-16(20)19-15/h6-7,9-10,12H,3-5,8,11H2,1-2H3,(H2,17,18,19,20). The SMILES string of the molecule is CCCCC(CC)CNc1nc(=S)[nH]c2ccccc12. The molecular formula is C16H23N3S. The highest BCUT2D eigenvalue weighted by Gasteiger charge is 2.08. The van der Waals surface area contributed by atoms with Gasteiger partial charge in [0.25, 0.3) is 0 Å². The molecule has 1 aromatic heterocycles. The maximum absolute atomic E-state index is 5.20. The van der Waals surface area contributed by atoms with Crippen LogP contribution in [0.3, 0.4) is 0 Å². The van der Waals surface area contributed by atoms with E-state index < -0.39 is 0 Å². The number of fused-ring (bicyclic) bond motifs is 1. The van der Waals surface area contributed by atoms with E-state index in [1.54, 1.807) is 0 Å². The average molecular weight is 289 g/mol. The van der Waals surface area contributed by atoms with E-state index in [0.717, 1.165) is 23.3 Å². The molecule has 1 aromatic carbocycles. The van der Waals surface area contributed by atoms with Crippen molar-refractivity contribution in [1.82, 2.24) is 9.97 Å². The molecule has 0 aliphatic heterocycles. The summed E-state index contributed by atoms with van der Waals surface area (Å²) in [6, 6.07) is 8.14. The van der Waals surface area contributed by atoms with Crippen molar-refractivity contribution in [2.45, 2.75) is 39.5 Å². The summed E-state index contributed by atoms with van der Waals surface area (Å²) >= 11 is 5.20. The lowest BCUT2D eigenvalue weighted by Gasteiger charge is -2.16. The van der Waals surface area contributed by atoms with Gasteiger partial charge in [-0.2, -0.15) is 0 Å². The molecule has 1 heterocycles. The third kappa shape index (κ3) is 3.79. The highest BCUT2D eigenvalue weighted by Crippen LogP contribution is 2.20. The Morgan fingerprint density at radius 2 is 2.10 bits per heavy atom. The van der Waals surface area contributed by atoms with Crippen molar-refractivity contribution in [2.24, 2.45) is 5.92 Å². The molecule has 2 aromatic rings. The van der Waals surface area contributed by atoms with Crippen LogP contribution in [0.4, 0.5) is 5.82 Å². The van der Waals surface area contributed by atoms with Gasteiger partial charge in [-0.1, -0.05) is 45.2 Å². The minimum atomic E-state index is 0.535. The van der Waals surface area contributed by atoms with Crippen LogP contribution in [0.2, 0.25) is 0 Å². The summed E-state index contributed by atoms with van der Waals surface area (Å²) in [5, 5.41) is 4.59. The van der Waals surface area contributed by atoms with Crippen LogP contribution in [-0.4, -0.2) is 16.5 Å². The first-order chi connectivity index (χ1) is 9.74. The first kappa shape index (κ1) is 15.0. The van der Waals surface area contributed by atoms with Gasteiger partial charge in [0.1, 0.15) is 5.82 Å². The Labute approximate surface area is 125 Å². The number of H-pyrrole nitrogens is 1. The summed E-state index contributed by atoms with van der Waals surface area (Å²) in [6.45, 7) is 5.46. The topological polar surface area (TPSA) is 40.7 Å². The monoisotopic (exact) mass is 289 g/mol. The fourth-order valence-electron chi connectivity index (χ4n) is 2.42. The molecule has 3 nitrogen and oxygen atoms in total. The number of aromatic amines is 1. The molecule has 2 rings (SSSR count). The predicted molar refractivity (Wildman–Crippen MR) is 88.7 cm³/mol. The van der Waals surface area contributed by atoms with Crippen LogP contribution in [-0.2, 0) is 0 Å². The zero-order valence-electron chi connectivity index (χ0n) is 12.3. The van der Waals surface area contributed by atoms with E-state index in [0.29, 0.717) is 10.7 Å². The molecule has 0 bridgehead atoms. The highest BCUT2D eigenvalue weighted by atomic mass is 32.1. The van der Waals surface area contributed by atoms with E-state index >= 15 is 0 Å². The van der Waals surface area contributed by atoms with Crippen LogP contribution in [0.1, 0.15) is 39.5 Å². The van der Waals surface area contributed by atoms with Gasteiger partial charge >= 0.3 is 0 Å². The van der Waals surface area contributed by atoms with Crippen LogP contribution in [0, 0.1) is 10.7 Å². The maximum atomic E-state index is 5.20. The van der Waals surface area contributed by atoms with E-state index in [-0.39, 0.29) is 0 Å². The second-order valence-electron chi connectivity index (χ2n) is 5.23. The Balaban J connectivity index is 2.14. The number of unbranched alkanes of at least 4 members (excludes halogenated alkanes) is 1. The molecule has 0 saturated heterocycles. The fraction of sp³-hybridized carbons (Fsp3) is 0.500. The molecule has 0 fully saturated rings. The second kappa shape index (κ2) is 7.39. The first-order valence-electron chi connectivity index (χ1n) is 7.47. The van der Waals surface area contributed by atoms with Gasteiger partial charge in [0, 0.05) is 11.9 Å². The fourth-order valence-corrected chi connectivity index (χ4v) is 2.62. The van der Waals surface area contributed by atoms with Crippen LogP contribution in [0.5, 0.6) is 0 Å². The van der Waals surface area contributed by atoms with Gasteiger partial charge in [-0.3, -0.25) is 0 Å². The minimum absolute atomic E-state index is 0.535. The van der Waals surface area contributed by atoms with Gasteiger partial charge in [-0.25, -0.2) is 4.98 Å². The van der Waals surface area contributed by atoms with Crippen molar-refractivity contribution >= 4 is 28.9 Å². The summed E-state index contributed by atoms with van der Waals surface area (Å²) in [5.41, 5.74) is 1.04. The van der Waals surface area contributed by atoms with E-state index in [9.17, 15) is 0 Å². The third-order valence-corrected chi connectivity index (χ3v) is 3.93. The molecule has 20 heavy (non-hydrogen) atoms. The number of hydrogen-bond acceptors (Lipinski definition) is 3. The Bertz CT molecular complexity index is 606. The van der Waals surface area contributed by atoms with Gasteiger partial charge in [0.2, 0.25) is 0 Å². The molecule has 0 radical (unpaired) electrons. The second-order valence-corrected chi connectivity index (χ2v) is 5.62.